The Morgan fingerprint density at radius 2 is 1.06 bits per heavy atom. The van der Waals surface area contributed by atoms with Crippen LogP contribution >= 0.6 is 21.6 Å². The van der Waals surface area contributed by atoms with Gasteiger partial charge in [-0.25, -0.2) is 0 Å². The largest absolute Gasteiger partial charge is 0.384 e. The quantitative estimate of drug-likeness (QED) is 0.208. The fourth-order valence-corrected chi connectivity index (χ4v) is 5.62. The Kier molecular flexibility index (Phi) is 7.43. The first kappa shape index (κ1) is 22.7. The molecule has 4 rings (SSSR count). The van der Waals surface area contributed by atoms with E-state index in [0.717, 1.165) is 47.0 Å². The zero-order valence-corrected chi connectivity index (χ0v) is 20.8. The fourth-order valence-electron chi connectivity index (χ4n) is 3.81. The standard InChI is InChI=1S/C26H30N4S2/c1-17-5-7-23-21(13-17)25(15-19(3)29-23)27-9-11-31-32-12-10-28-26-16-20(4)30-24-8-6-18(2)14-22(24)26/h5-8,13-16H,9-12H2,1-4H3,(H,27,29)(H,28,30). The summed E-state index contributed by atoms with van der Waals surface area (Å²) in [5.41, 5.74) is 9.09. The number of hydrogen-bond donors (Lipinski definition) is 2. The zero-order valence-electron chi connectivity index (χ0n) is 19.2. The van der Waals surface area contributed by atoms with E-state index in [-0.39, 0.29) is 0 Å². The van der Waals surface area contributed by atoms with E-state index in [1.54, 1.807) is 0 Å². The van der Waals surface area contributed by atoms with Crippen molar-refractivity contribution in [2.24, 2.45) is 0 Å². The number of pyridine rings is 2. The van der Waals surface area contributed by atoms with Crippen molar-refractivity contribution in [2.75, 3.05) is 35.2 Å². The average Bonchev–Trinajstić information content (AvgIpc) is 2.76. The molecule has 32 heavy (non-hydrogen) atoms. The van der Waals surface area contributed by atoms with Gasteiger partial charge in [-0.2, -0.15) is 0 Å². The Bertz CT molecular complexity index is 1140. The van der Waals surface area contributed by atoms with E-state index in [0.29, 0.717) is 0 Å². The highest BCUT2D eigenvalue weighted by Gasteiger charge is 2.06. The van der Waals surface area contributed by atoms with E-state index >= 15 is 0 Å². The molecular weight excluding hydrogens is 432 g/mol. The van der Waals surface area contributed by atoms with Crippen molar-refractivity contribution in [3.63, 3.8) is 0 Å². The van der Waals surface area contributed by atoms with Crippen LogP contribution in [0.5, 0.6) is 0 Å². The number of aromatic nitrogens is 2. The van der Waals surface area contributed by atoms with Crippen LogP contribution in [0.3, 0.4) is 0 Å². The Balaban J connectivity index is 1.23. The summed E-state index contributed by atoms with van der Waals surface area (Å²) in [4.78, 5) is 9.30. The van der Waals surface area contributed by atoms with Gasteiger partial charge in [0.15, 0.2) is 0 Å². The van der Waals surface area contributed by atoms with Crippen molar-refractivity contribution in [3.8, 4) is 0 Å². The molecule has 4 aromatic rings. The fraction of sp³-hybridized carbons (Fsp3) is 0.308. The molecule has 0 aliphatic heterocycles. The number of nitrogens with one attached hydrogen (secondary N) is 2. The van der Waals surface area contributed by atoms with Crippen LogP contribution in [0.4, 0.5) is 11.4 Å². The van der Waals surface area contributed by atoms with E-state index < -0.39 is 0 Å². The number of fused-ring (bicyclic) bond motifs is 2. The van der Waals surface area contributed by atoms with Gasteiger partial charge in [0.2, 0.25) is 0 Å². The Hall–Kier alpha value is -2.44. The third-order valence-corrected chi connectivity index (χ3v) is 7.68. The molecule has 2 aromatic carbocycles. The topological polar surface area (TPSA) is 49.8 Å². The van der Waals surface area contributed by atoms with Gasteiger partial charge in [0.25, 0.3) is 0 Å². The maximum absolute atomic E-state index is 4.65. The van der Waals surface area contributed by atoms with Crippen LogP contribution in [0.2, 0.25) is 0 Å². The molecule has 4 nitrogen and oxygen atoms in total. The normalized spacial score (nSPS) is 11.2. The van der Waals surface area contributed by atoms with Gasteiger partial charge in [0, 0.05) is 58.1 Å². The van der Waals surface area contributed by atoms with Gasteiger partial charge < -0.3 is 10.6 Å². The van der Waals surface area contributed by atoms with Gasteiger partial charge in [-0.1, -0.05) is 44.8 Å². The molecule has 166 valence electrons. The molecule has 0 unspecified atom stereocenters. The molecule has 0 spiro atoms. The molecule has 0 saturated heterocycles. The molecule has 0 bridgehead atoms. The molecule has 0 aliphatic carbocycles. The number of aryl methyl sites for hydroxylation is 4. The second kappa shape index (κ2) is 10.5. The molecule has 0 aliphatic rings. The Morgan fingerprint density at radius 3 is 1.50 bits per heavy atom. The number of anilines is 2. The van der Waals surface area contributed by atoms with E-state index in [1.165, 1.54) is 33.3 Å². The number of hydrogen-bond acceptors (Lipinski definition) is 6. The second-order valence-electron chi connectivity index (χ2n) is 8.16. The van der Waals surface area contributed by atoms with Crippen LogP contribution in [-0.4, -0.2) is 34.6 Å². The lowest BCUT2D eigenvalue weighted by atomic mass is 10.1. The van der Waals surface area contributed by atoms with Gasteiger partial charge in [-0.05, 0) is 64.1 Å². The van der Waals surface area contributed by atoms with Gasteiger partial charge in [-0.3, -0.25) is 9.97 Å². The average molecular weight is 463 g/mol. The summed E-state index contributed by atoms with van der Waals surface area (Å²) in [6.07, 6.45) is 0. The van der Waals surface area contributed by atoms with E-state index in [4.69, 9.17) is 0 Å². The van der Waals surface area contributed by atoms with Crippen molar-refractivity contribution in [1.29, 1.82) is 0 Å². The minimum atomic E-state index is 0.936. The monoisotopic (exact) mass is 462 g/mol. The van der Waals surface area contributed by atoms with E-state index in [2.05, 4.69) is 96.8 Å². The molecule has 6 heteroatoms. The summed E-state index contributed by atoms with van der Waals surface area (Å²) in [5.74, 6) is 2.10. The summed E-state index contributed by atoms with van der Waals surface area (Å²) < 4.78 is 0. The SMILES string of the molecule is Cc1ccc2nc(C)cc(NCCSSCCNc3cc(C)nc4ccc(C)cc34)c2c1. The van der Waals surface area contributed by atoms with Crippen LogP contribution in [0.1, 0.15) is 22.5 Å². The molecule has 2 heterocycles. The van der Waals surface area contributed by atoms with Crippen molar-refractivity contribution in [3.05, 3.63) is 71.0 Å². The van der Waals surface area contributed by atoms with Gasteiger partial charge >= 0.3 is 0 Å². The molecule has 0 atom stereocenters. The predicted molar refractivity (Wildman–Crippen MR) is 144 cm³/mol. The first-order valence-electron chi connectivity index (χ1n) is 11.0. The van der Waals surface area contributed by atoms with Gasteiger partial charge in [0.1, 0.15) is 0 Å². The highest BCUT2D eigenvalue weighted by molar-refractivity contribution is 8.76. The summed E-state index contributed by atoms with van der Waals surface area (Å²) in [5, 5.41) is 9.62. The van der Waals surface area contributed by atoms with Crippen LogP contribution < -0.4 is 10.6 Å². The molecule has 0 saturated carbocycles. The van der Waals surface area contributed by atoms with Crippen molar-refractivity contribution in [2.45, 2.75) is 27.7 Å². The lowest BCUT2D eigenvalue weighted by Gasteiger charge is -2.12. The van der Waals surface area contributed by atoms with Gasteiger partial charge in [-0.15, -0.1) is 0 Å². The molecule has 0 amide bonds. The highest BCUT2D eigenvalue weighted by Crippen LogP contribution is 2.27. The van der Waals surface area contributed by atoms with E-state index in [1.807, 2.05) is 21.6 Å². The lowest BCUT2D eigenvalue weighted by molar-refractivity contribution is 1.20. The Morgan fingerprint density at radius 1 is 0.625 bits per heavy atom. The van der Waals surface area contributed by atoms with Crippen molar-refractivity contribution in [1.82, 2.24) is 9.97 Å². The first-order chi connectivity index (χ1) is 15.5. The molecular formula is C26H30N4S2. The van der Waals surface area contributed by atoms with Gasteiger partial charge in [0.05, 0.1) is 11.0 Å². The molecule has 0 radical (unpaired) electrons. The highest BCUT2D eigenvalue weighted by atomic mass is 33.1. The minimum absolute atomic E-state index is 0.936. The number of rotatable bonds is 9. The maximum Gasteiger partial charge on any atom is 0.0726 e. The van der Waals surface area contributed by atoms with Crippen LogP contribution in [0, 0.1) is 27.7 Å². The van der Waals surface area contributed by atoms with Crippen molar-refractivity contribution < 1.29 is 0 Å². The zero-order chi connectivity index (χ0) is 22.5. The minimum Gasteiger partial charge on any atom is -0.384 e. The second-order valence-corrected chi connectivity index (χ2v) is 10.9. The van der Waals surface area contributed by atoms with E-state index in [9.17, 15) is 0 Å². The third kappa shape index (κ3) is 5.67. The molecule has 2 aromatic heterocycles. The number of nitrogens with zero attached hydrogens (tertiary/aromatic N) is 2. The maximum atomic E-state index is 4.65. The van der Waals surface area contributed by atoms with Crippen LogP contribution in [0.25, 0.3) is 21.8 Å². The van der Waals surface area contributed by atoms with Crippen LogP contribution in [-0.2, 0) is 0 Å². The Labute approximate surface area is 198 Å². The summed E-state index contributed by atoms with van der Waals surface area (Å²) in [6.45, 7) is 10.2. The number of benzene rings is 2. The first-order valence-corrected chi connectivity index (χ1v) is 13.5. The summed E-state index contributed by atoms with van der Waals surface area (Å²) in [7, 11) is 3.83. The molecule has 0 fully saturated rings. The predicted octanol–water partition coefficient (Wildman–Crippen LogP) is 6.92. The lowest BCUT2D eigenvalue weighted by Crippen LogP contribution is -2.06. The summed E-state index contributed by atoms with van der Waals surface area (Å²) >= 11 is 0. The molecule has 2 N–H and O–H groups in total. The van der Waals surface area contributed by atoms with Crippen LogP contribution in [0.15, 0.2) is 48.5 Å². The van der Waals surface area contributed by atoms with Crippen molar-refractivity contribution >= 4 is 54.8 Å². The summed E-state index contributed by atoms with van der Waals surface area (Å²) in [6, 6.07) is 17.2. The third-order valence-electron chi connectivity index (χ3n) is 5.27. The smallest absolute Gasteiger partial charge is 0.0726 e.